The molecule has 4 aliphatic rings. The molecular formula is C25H47N9O7S. The zero-order valence-corrected chi connectivity index (χ0v) is 24.9. The van der Waals surface area contributed by atoms with Gasteiger partial charge in [0.1, 0.15) is 12.5 Å². The first kappa shape index (κ1) is 33.3. The Hall–Kier alpha value is -1.64. The molecule has 0 aliphatic carbocycles. The Morgan fingerprint density at radius 3 is 2.48 bits per heavy atom. The normalized spacial score (nSPS) is 36.5. The maximum Gasteiger partial charge on any atom is 0.239 e. The highest BCUT2D eigenvalue weighted by Gasteiger charge is 2.71. The van der Waals surface area contributed by atoms with E-state index in [2.05, 4.69) is 10.6 Å². The molecule has 0 saturated carbocycles. The van der Waals surface area contributed by atoms with Crippen molar-refractivity contribution in [2.24, 2.45) is 17.5 Å². The molecule has 8 unspecified atom stereocenters. The van der Waals surface area contributed by atoms with Crippen LogP contribution < -0.4 is 22.2 Å². The van der Waals surface area contributed by atoms with E-state index in [0.717, 1.165) is 11.3 Å². The van der Waals surface area contributed by atoms with Crippen molar-refractivity contribution < 1.29 is 35.1 Å². The molecule has 4 heterocycles. The molecule has 4 fully saturated rings. The fourth-order valence-corrected chi connectivity index (χ4v) is 8.87. The number of fused-ring (bicyclic) bond motifs is 1. The molecule has 17 heteroatoms. The molecule has 0 radical (unpaired) electrons. The third kappa shape index (κ3) is 6.28. The van der Waals surface area contributed by atoms with Crippen LogP contribution in [0.3, 0.4) is 0 Å². The van der Waals surface area contributed by atoms with E-state index in [4.69, 9.17) is 22.1 Å². The highest BCUT2D eigenvalue weighted by Crippen LogP contribution is 2.53. The van der Waals surface area contributed by atoms with Gasteiger partial charge in [-0.1, -0.05) is 6.92 Å². The largest absolute Gasteiger partial charge is 0.396 e. The fourth-order valence-electron chi connectivity index (χ4n) is 7.09. The molecule has 0 bridgehead atoms. The van der Waals surface area contributed by atoms with Crippen LogP contribution in [0.1, 0.15) is 26.7 Å². The lowest BCUT2D eigenvalue weighted by Gasteiger charge is -2.61. The average molecular weight is 618 g/mol. The number of hydrogen-bond donors (Lipinski definition) is 10. The van der Waals surface area contributed by atoms with Gasteiger partial charge < -0.3 is 46.4 Å². The summed E-state index contributed by atoms with van der Waals surface area (Å²) in [5.41, 5.74) is 5.56. The maximum absolute atomic E-state index is 13.2. The van der Waals surface area contributed by atoms with E-state index in [1.54, 1.807) is 33.4 Å². The minimum Gasteiger partial charge on any atom is -0.396 e. The van der Waals surface area contributed by atoms with Crippen molar-refractivity contribution in [2.45, 2.75) is 85.6 Å². The molecule has 16 nitrogen and oxygen atoms in total. The number of hydrogen-bond acceptors (Lipinski definition) is 14. The van der Waals surface area contributed by atoms with Crippen molar-refractivity contribution in [1.29, 1.82) is 5.41 Å². The van der Waals surface area contributed by atoms with Crippen LogP contribution >= 0.6 is 11.8 Å². The van der Waals surface area contributed by atoms with Gasteiger partial charge in [0.05, 0.1) is 37.1 Å². The van der Waals surface area contributed by atoms with Gasteiger partial charge in [0, 0.05) is 61.7 Å². The Labute approximate surface area is 249 Å². The quantitative estimate of drug-likeness (QED) is 0.0324. The summed E-state index contributed by atoms with van der Waals surface area (Å²) in [4.78, 5) is 30.3. The summed E-state index contributed by atoms with van der Waals surface area (Å²) in [6, 6.07) is -2.17. The van der Waals surface area contributed by atoms with Crippen molar-refractivity contribution in [3.05, 3.63) is 0 Å². The van der Waals surface area contributed by atoms with Gasteiger partial charge in [-0.2, -0.15) is 11.8 Å². The molecule has 2 amide bonds. The van der Waals surface area contributed by atoms with Crippen LogP contribution in [0, 0.1) is 11.3 Å². The van der Waals surface area contributed by atoms with E-state index >= 15 is 0 Å². The first-order valence-electron chi connectivity index (χ1n) is 14.5. The summed E-state index contributed by atoms with van der Waals surface area (Å²) in [5.74, 6) is 5.27. The predicted octanol–water partition coefficient (Wildman–Crippen LogP) is -5.02. The SMILES string of the molecule is CC1C(SC2CN[C@H](C(=O)N3CCN(C(=O)CCO)CC3)C2)C(C(O)O)N2C(O)[C@](N)(C(C)NC(O)CN(N)C=N)C12. The molecule has 42 heavy (non-hydrogen) atoms. The second-order valence-electron chi connectivity index (χ2n) is 11.9. The first-order chi connectivity index (χ1) is 19.8. The van der Waals surface area contributed by atoms with E-state index in [1.165, 1.54) is 0 Å². The highest BCUT2D eigenvalue weighted by molar-refractivity contribution is 8.00. The van der Waals surface area contributed by atoms with E-state index < -0.39 is 42.4 Å². The lowest BCUT2D eigenvalue weighted by Crippen LogP contribution is -2.86. The van der Waals surface area contributed by atoms with Gasteiger partial charge in [-0.25, -0.2) is 5.84 Å². The summed E-state index contributed by atoms with van der Waals surface area (Å²) in [5, 5.41) is 65.5. The van der Waals surface area contributed by atoms with Crippen LogP contribution in [-0.4, -0.2) is 168 Å². The number of carbonyl (C=O) groups excluding carboxylic acids is 2. The predicted molar refractivity (Wildman–Crippen MR) is 154 cm³/mol. The summed E-state index contributed by atoms with van der Waals surface area (Å²) < 4.78 is 0. The Morgan fingerprint density at radius 1 is 1.24 bits per heavy atom. The number of hydrazine groups is 1. The molecular weight excluding hydrogens is 570 g/mol. The number of aliphatic hydroxyl groups excluding tert-OH is 4. The number of piperazine rings is 1. The summed E-state index contributed by atoms with van der Waals surface area (Å²) >= 11 is 1.57. The van der Waals surface area contributed by atoms with Crippen LogP contribution in [0.2, 0.25) is 0 Å². The summed E-state index contributed by atoms with van der Waals surface area (Å²) in [6.07, 6.45) is -2.53. The van der Waals surface area contributed by atoms with Gasteiger partial charge in [-0.05, 0) is 19.3 Å². The van der Waals surface area contributed by atoms with Crippen molar-refractivity contribution >= 4 is 29.9 Å². The zero-order valence-electron chi connectivity index (χ0n) is 24.1. The molecule has 4 rings (SSSR count). The summed E-state index contributed by atoms with van der Waals surface area (Å²) in [6.45, 7) is 5.74. The van der Waals surface area contributed by atoms with E-state index in [9.17, 15) is 30.0 Å². The zero-order chi connectivity index (χ0) is 30.9. The van der Waals surface area contributed by atoms with Crippen molar-refractivity contribution in [2.75, 3.05) is 45.9 Å². The topological polar surface area (TPSA) is 248 Å². The fraction of sp³-hybridized carbons (Fsp3) is 0.880. The lowest BCUT2D eigenvalue weighted by atomic mass is 9.70. The standard InChI is InChI=1S/C25H47N9O7S/c1-13-20(42-15-9-16(29-10-15)22(38)32-6-4-31(5-7-32)18(37)3-8-35)19(23(39)40)34-21(13)25(27,24(34)41)14(2)30-17(36)11-33(28)12-26/h12-17,19-21,23-24,26,29-30,35-36,39-41H,3-11,27-28H2,1-2H3/t13?,14?,15?,16-,17?,19?,20?,21?,24?,25-/m0/s1. The Balaban J connectivity index is 1.36. The van der Waals surface area contributed by atoms with Gasteiger partial charge in [0.2, 0.25) is 11.8 Å². The van der Waals surface area contributed by atoms with E-state index in [0.29, 0.717) is 39.1 Å². The average Bonchev–Trinajstić information content (AvgIpc) is 3.53. The minimum atomic E-state index is -1.72. The molecule has 10 atom stereocenters. The number of carbonyl (C=O) groups is 2. The van der Waals surface area contributed by atoms with Crippen molar-refractivity contribution in [3.63, 3.8) is 0 Å². The number of nitrogens with zero attached hydrogens (tertiary/aromatic N) is 4. The Bertz CT molecular complexity index is 977. The van der Waals surface area contributed by atoms with Gasteiger partial charge in [0.15, 0.2) is 6.29 Å². The van der Waals surface area contributed by atoms with Crippen LogP contribution in [0.4, 0.5) is 0 Å². The van der Waals surface area contributed by atoms with E-state index in [-0.39, 0.29) is 53.8 Å². The highest BCUT2D eigenvalue weighted by atomic mass is 32.2. The molecule has 0 aromatic heterocycles. The molecule has 240 valence electrons. The van der Waals surface area contributed by atoms with Crippen LogP contribution in [0.15, 0.2) is 0 Å². The molecule has 4 saturated heterocycles. The minimum absolute atomic E-state index is 0.0112. The molecule has 0 spiro atoms. The van der Waals surface area contributed by atoms with Gasteiger partial charge in [-0.15, -0.1) is 0 Å². The number of thioether (sulfide) groups is 1. The summed E-state index contributed by atoms with van der Waals surface area (Å²) in [7, 11) is 0. The van der Waals surface area contributed by atoms with Crippen molar-refractivity contribution in [1.82, 2.24) is 30.3 Å². The molecule has 0 aromatic carbocycles. The number of aliphatic hydroxyl groups is 5. The molecule has 12 N–H and O–H groups in total. The third-order valence-electron chi connectivity index (χ3n) is 9.32. The lowest BCUT2D eigenvalue weighted by molar-refractivity contribution is -0.232. The first-order valence-corrected chi connectivity index (χ1v) is 15.4. The van der Waals surface area contributed by atoms with E-state index in [1.807, 2.05) is 6.92 Å². The number of rotatable bonds is 12. The van der Waals surface area contributed by atoms with Crippen molar-refractivity contribution in [3.8, 4) is 0 Å². The number of nitrogens with two attached hydrogens (primary N) is 2. The Morgan fingerprint density at radius 2 is 1.88 bits per heavy atom. The molecule has 4 aliphatic heterocycles. The van der Waals surface area contributed by atoms with Crippen LogP contribution in [0.25, 0.3) is 0 Å². The van der Waals surface area contributed by atoms with Gasteiger partial charge in [0.25, 0.3) is 0 Å². The van der Waals surface area contributed by atoms with Gasteiger partial charge in [-0.3, -0.25) is 30.2 Å². The molecule has 0 aromatic rings. The second-order valence-corrected chi connectivity index (χ2v) is 13.3. The Kier molecular flexibility index (Phi) is 10.7. The van der Waals surface area contributed by atoms with Crippen LogP contribution in [0.5, 0.6) is 0 Å². The number of amides is 2. The third-order valence-corrected chi connectivity index (χ3v) is 11.1. The monoisotopic (exact) mass is 617 g/mol. The maximum atomic E-state index is 13.2. The van der Waals surface area contributed by atoms with Crippen LogP contribution in [-0.2, 0) is 9.59 Å². The smallest absolute Gasteiger partial charge is 0.239 e. The number of nitrogens with one attached hydrogen (secondary N) is 3. The van der Waals surface area contributed by atoms with Gasteiger partial charge >= 0.3 is 0 Å². The second kappa shape index (κ2) is 13.6.